The molecule has 0 amide bonds. The number of ether oxygens (including phenoxy) is 1. The van der Waals surface area contributed by atoms with E-state index in [-0.39, 0.29) is 0 Å². The van der Waals surface area contributed by atoms with E-state index in [0.717, 1.165) is 17.6 Å². The summed E-state index contributed by atoms with van der Waals surface area (Å²) >= 11 is 0. The fraction of sp³-hybridized carbons (Fsp3) is 0.250. The lowest BCUT2D eigenvalue weighted by Gasteiger charge is -2.03. The Kier molecular flexibility index (Phi) is 3.92. The van der Waals surface area contributed by atoms with Crippen molar-refractivity contribution in [3.8, 4) is 5.75 Å². The van der Waals surface area contributed by atoms with Crippen LogP contribution in [0.15, 0.2) is 24.3 Å². The van der Waals surface area contributed by atoms with E-state index < -0.39 is 0 Å². The fourth-order valence-electron chi connectivity index (χ4n) is 1.18. The molecule has 0 aliphatic heterocycles. The molecule has 0 heterocycles. The summed E-state index contributed by atoms with van der Waals surface area (Å²) in [5, 5.41) is 0. The summed E-state index contributed by atoms with van der Waals surface area (Å²) in [6.45, 7) is 2.03. The van der Waals surface area contributed by atoms with Gasteiger partial charge in [0.15, 0.2) is 0 Å². The summed E-state index contributed by atoms with van der Waals surface area (Å²) in [6.07, 6.45) is 5.11. The first-order valence-electron chi connectivity index (χ1n) is 4.52. The summed E-state index contributed by atoms with van der Waals surface area (Å²) in [7, 11) is 1.64. The molecule has 1 rings (SSSR count). The summed E-state index contributed by atoms with van der Waals surface area (Å²) in [6, 6.07) is 5.88. The molecule has 0 aliphatic rings. The zero-order chi connectivity index (χ0) is 10.4. The molecule has 0 saturated heterocycles. The first kappa shape index (κ1) is 10.5. The van der Waals surface area contributed by atoms with Crippen molar-refractivity contribution in [2.45, 2.75) is 13.3 Å². The van der Waals surface area contributed by atoms with Crippen LogP contribution in [0.3, 0.4) is 0 Å². The molecule has 0 radical (unpaired) electrons. The second kappa shape index (κ2) is 5.22. The van der Waals surface area contributed by atoms with Gasteiger partial charge in [0, 0.05) is 6.42 Å². The van der Waals surface area contributed by atoms with Crippen LogP contribution in [0.4, 0.5) is 0 Å². The highest BCUT2D eigenvalue weighted by Gasteiger charge is 1.96. The molecule has 1 aromatic carbocycles. The molecular weight excluding hydrogens is 176 g/mol. The fourth-order valence-corrected chi connectivity index (χ4v) is 1.18. The van der Waals surface area contributed by atoms with Gasteiger partial charge in [-0.1, -0.05) is 18.2 Å². The highest BCUT2D eigenvalue weighted by molar-refractivity contribution is 5.60. The van der Waals surface area contributed by atoms with Gasteiger partial charge in [-0.25, -0.2) is 0 Å². The molecule has 0 atom stereocenters. The number of methoxy groups -OCH3 is 1. The average molecular weight is 190 g/mol. The predicted molar refractivity (Wildman–Crippen MR) is 57.4 cm³/mol. The lowest BCUT2D eigenvalue weighted by molar-refractivity contribution is -0.107. The first-order valence-corrected chi connectivity index (χ1v) is 4.52. The lowest BCUT2D eigenvalue weighted by Crippen LogP contribution is -1.86. The first-order chi connectivity index (χ1) is 6.77. The van der Waals surface area contributed by atoms with E-state index in [1.165, 1.54) is 5.56 Å². The van der Waals surface area contributed by atoms with Crippen LogP contribution in [0.5, 0.6) is 5.75 Å². The quantitative estimate of drug-likeness (QED) is 0.682. The molecule has 74 valence electrons. The van der Waals surface area contributed by atoms with Crippen molar-refractivity contribution in [3.05, 3.63) is 35.4 Å². The smallest absolute Gasteiger partial charge is 0.123 e. The Balaban J connectivity index is 2.88. The summed E-state index contributed by atoms with van der Waals surface area (Å²) in [5.41, 5.74) is 2.26. The second-order valence-corrected chi connectivity index (χ2v) is 3.03. The minimum atomic E-state index is 0.455. The number of carbonyl (C=O) groups is 1. The predicted octanol–water partition coefficient (Wildman–Crippen LogP) is 2.61. The molecule has 0 aliphatic carbocycles. The van der Waals surface area contributed by atoms with Crippen LogP contribution < -0.4 is 4.74 Å². The third kappa shape index (κ3) is 2.73. The van der Waals surface area contributed by atoms with E-state index in [4.69, 9.17) is 4.74 Å². The number of hydrogen-bond donors (Lipinski definition) is 0. The van der Waals surface area contributed by atoms with Gasteiger partial charge < -0.3 is 9.53 Å². The Hall–Kier alpha value is -1.57. The molecule has 0 bridgehead atoms. The van der Waals surface area contributed by atoms with Gasteiger partial charge in [0.05, 0.1) is 7.11 Å². The van der Waals surface area contributed by atoms with Crippen LogP contribution in [0, 0.1) is 6.92 Å². The normalized spacial score (nSPS) is 10.4. The van der Waals surface area contributed by atoms with E-state index in [1.54, 1.807) is 7.11 Å². The highest BCUT2D eigenvalue weighted by atomic mass is 16.5. The minimum absolute atomic E-state index is 0.455. The maximum atomic E-state index is 10.1. The Labute approximate surface area is 84.2 Å². The summed E-state index contributed by atoms with van der Waals surface area (Å²) in [5.74, 6) is 0.835. The third-order valence-electron chi connectivity index (χ3n) is 2.02. The molecule has 1 aromatic rings. The van der Waals surface area contributed by atoms with Crippen molar-refractivity contribution >= 4 is 12.4 Å². The van der Waals surface area contributed by atoms with E-state index in [1.807, 2.05) is 37.3 Å². The van der Waals surface area contributed by atoms with Crippen LogP contribution >= 0.6 is 0 Å². The van der Waals surface area contributed by atoms with Gasteiger partial charge in [0.1, 0.15) is 12.0 Å². The SMILES string of the molecule is COc1ccc(C)c(C=CCC=O)c1. The zero-order valence-corrected chi connectivity index (χ0v) is 8.49. The van der Waals surface area contributed by atoms with Crippen molar-refractivity contribution in [2.75, 3.05) is 7.11 Å². The van der Waals surface area contributed by atoms with Crippen LogP contribution in [0.2, 0.25) is 0 Å². The molecule has 14 heavy (non-hydrogen) atoms. The van der Waals surface area contributed by atoms with Gasteiger partial charge in [-0.2, -0.15) is 0 Å². The number of hydrogen-bond acceptors (Lipinski definition) is 2. The monoisotopic (exact) mass is 190 g/mol. The van der Waals surface area contributed by atoms with E-state index in [9.17, 15) is 4.79 Å². The maximum absolute atomic E-state index is 10.1. The number of aldehydes is 1. The number of allylic oxidation sites excluding steroid dienone is 1. The molecule has 2 nitrogen and oxygen atoms in total. The molecule has 0 N–H and O–H groups in total. The molecule has 0 saturated carbocycles. The maximum Gasteiger partial charge on any atom is 0.123 e. The van der Waals surface area contributed by atoms with Crippen molar-refractivity contribution in [1.82, 2.24) is 0 Å². The number of benzene rings is 1. The standard InChI is InChI=1S/C12H14O2/c1-10-6-7-12(14-2)9-11(10)5-3-4-8-13/h3,5-9H,4H2,1-2H3. The second-order valence-electron chi connectivity index (χ2n) is 3.03. The molecular formula is C12H14O2. The van der Waals surface area contributed by atoms with Gasteiger partial charge in [-0.3, -0.25) is 0 Å². The number of aryl methyl sites for hydroxylation is 1. The van der Waals surface area contributed by atoms with Gasteiger partial charge in [0.25, 0.3) is 0 Å². The largest absolute Gasteiger partial charge is 0.497 e. The van der Waals surface area contributed by atoms with Gasteiger partial charge in [-0.05, 0) is 30.2 Å². The lowest BCUT2D eigenvalue weighted by atomic mass is 10.1. The van der Waals surface area contributed by atoms with E-state index in [2.05, 4.69) is 0 Å². The molecule has 0 spiro atoms. The summed E-state index contributed by atoms with van der Waals surface area (Å²) < 4.78 is 5.11. The van der Waals surface area contributed by atoms with Crippen molar-refractivity contribution in [1.29, 1.82) is 0 Å². The Bertz CT molecular complexity index is 340. The zero-order valence-electron chi connectivity index (χ0n) is 8.49. The van der Waals surface area contributed by atoms with Gasteiger partial charge >= 0.3 is 0 Å². The van der Waals surface area contributed by atoms with Crippen LogP contribution in [-0.2, 0) is 4.79 Å². The minimum Gasteiger partial charge on any atom is -0.497 e. The van der Waals surface area contributed by atoms with Gasteiger partial charge in [-0.15, -0.1) is 0 Å². The molecule has 0 unspecified atom stereocenters. The Morgan fingerprint density at radius 3 is 2.86 bits per heavy atom. The topological polar surface area (TPSA) is 26.3 Å². The third-order valence-corrected chi connectivity index (χ3v) is 2.02. The van der Waals surface area contributed by atoms with Crippen molar-refractivity contribution in [3.63, 3.8) is 0 Å². The van der Waals surface area contributed by atoms with Crippen LogP contribution in [0.1, 0.15) is 17.5 Å². The average Bonchev–Trinajstić information content (AvgIpc) is 2.21. The van der Waals surface area contributed by atoms with Crippen LogP contribution in [-0.4, -0.2) is 13.4 Å². The number of carbonyl (C=O) groups excluding carboxylic acids is 1. The molecule has 0 fully saturated rings. The highest BCUT2D eigenvalue weighted by Crippen LogP contribution is 2.18. The van der Waals surface area contributed by atoms with Crippen molar-refractivity contribution < 1.29 is 9.53 Å². The molecule has 2 heteroatoms. The Morgan fingerprint density at radius 1 is 1.43 bits per heavy atom. The van der Waals surface area contributed by atoms with Crippen molar-refractivity contribution in [2.24, 2.45) is 0 Å². The van der Waals surface area contributed by atoms with Gasteiger partial charge in [0.2, 0.25) is 0 Å². The van der Waals surface area contributed by atoms with E-state index >= 15 is 0 Å². The number of rotatable bonds is 4. The van der Waals surface area contributed by atoms with Crippen LogP contribution in [0.25, 0.3) is 6.08 Å². The van der Waals surface area contributed by atoms with E-state index in [0.29, 0.717) is 6.42 Å². The summed E-state index contributed by atoms with van der Waals surface area (Å²) in [4.78, 5) is 10.1. The molecule has 0 aromatic heterocycles. The Morgan fingerprint density at radius 2 is 2.21 bits per heavy atom.